The van der Waals surface area contributed by atoms with E-state index in [0.29, 0.717) is 5.92 Å². The van der Waals surface area contributed by atoms with Crippen LogP contribution in [0.1, 0.15) is 25.2 Å². The molecule has 0 bridgehead atoms. The van der Waals surface area contributed by atoms with Gasteiger partial charge in [-0.25, -0.2) is 9.67 Å². The molecule has 102 valence electrons. The summed E-state index contributed by atoms with van der Waals surface area (Å²) in [5, 5.41) is 7.69. The first-order valence-corrected chi connectivity index (χ1v) is 7.55. The molecule has 0 saturated heterocycles. The van der Waals surface area contributed by atoms with Gasteiger partial charge in [0.15, 0.2) is 0 Å². The van der Waals surface area contributed by atoms with Crippen molar-refractivity contribution in [2.75, 3.05) is 6.54 Å². The summed E-state index contributed by atoms with van der Waals surface area (Å²) in [4.78, 5) is 4.31. The standard InChI is InChI=1S/C14H19IN4/c1-11(2)7-16-8-14-17-10-18-19(14)9-12-3-5-13(15)6-4-12/h3-6,10-11,16H,7-9H2,1-2H3. The highest BCUT2D eigenvalue weighted by Crippen LogP contribution is 2.08. The lowest BCUT2D eigenvalue weighted by atomic mass is 10.2. The lowest BCUT2D eigenvalue weighted by Crippen LogP contribution is -2.22. The summed E-state index contributed by atoms with van der Waals surface area (Å²) in [6, 6.07) is 8.50. The molecular formula is C14H19IN4. The monoisotopic (exact) mass is 370 g/mol. The van der Waals surface area contributed by atoms with Crippen molar-refractivity contribution < 1.29 is 0 Å². The number of benzene rings is 1. The highest BCUT2D eigenvalue weighted by Gasteiger charge is 2.05. The average molecular weight is 370 g/mol. The number of hydrogen-bond donors (Lipinski definition) is 1. The maximum Gasteiger partial charge on any atom is 0.141 e. The molecule has 2 rings (SSSR count). The Bertz CT molecular complexity index is 504. The number of rotatable bonds is 6. The maximum atomic E-state index is 4.31. The molecule has 0 saturated carbocycles. The topological polar surface area (TPSA) is 42.7 Å². The first-order chi connectivity index (χ1) is 9.15. The Morgan fingerprint density at radius 1 is 1.26 bits per heavy atom. The minimum absolute atomic E-state index is 0.646. The summed E-state index contributed by atoms with van der Waals surface area (Å²) in [5.41, 5.74) is 1.25. The van der Waals surface area contributed by atoms with Gasteiger partial charge < -0.3 is 5.32 Å². The first-order valence-electron chi connectivity index (χ1n) is 6.47. The summed E-state index contributed by atoms with van der Waals surface area (Å²) in [5.74, 6) is 1.63. The van der Waals surface area contributed by atoms with E-state index in [1.54, 1.807) is 6.33 Å². The normalized spacial score (nSPS) is 11.2. The van der Waals surface area contributed by atoms with E-state index in [2.05, 4.69) is 76.1 Å². The quantitative estimate of drug-likeness (QED) is 0.796. The van der Waals surface area contributed by atoms with E-state index in [1.807, 2.05) is 4.68 Å². The van der Waals surface area contributed by atoms with Crippen LogP contribution in [0.5, 0.6) is 0 Å². The van der Waals surface area contributed by atoms with Gasteiger partial charge in [0, 0.05) is 3.57 Å². The van der Waals surface area contributed by atoms with Gasteiger partial charge in [-0.2, -0.15) is 5.10 Å². The Balaban J connectivity index is 1.97. The van der Waals surface area contributed by atoms with Gasteiger partial charge in [-0.3, -0.25) is 0 Å². The van der Waals surface area contributed by atoms with Crippen molar-refractivity contribution in [3.63, 3.8) is 0 Å². The molecule has 19 heavy (non-hydrogen) atoms. The van der Waals surface area contributed by atoms with Gasteiger partial charge in [0.1, 0.15) is 12.2 Å². The fourth-order valence-electron chi connectivity index (χ4n) is 1.79. The van der Waals surface area contributed by atoms with E-state index in [1.165, 1.54) is 9.13 Å². The van der Waals surface area contributed by atoms with Gasteiger partial charge in [0.05, 0.1) is 13.1 Å². The van der Waals surface area contributed by atoms with Crippen LogP contribution in [-0.4, -0.2) is 21.3 Å². The van der Waals surface area contributed by atoms with Gasteiger partial charge in [0.25, 0.3) is 0 Å². The predicted octanol–water partition coefficient (Wildman–Crippen LogP) is 2.68. The second-order valence-corrected chi connectivity index (χ2v) is 6.23. The van der Waals surface area contributed by atoms with Crippen LogP contribution >= 0.6 is 22.6 Å². The zero-order valence-corrected chi connectivity index (χ0v) is 13.5. The highest BCUT2D eigenvalue weighted by atomic mass is 127. The number of aromatic nitrogens is 3. The van der Waals surface area contributed by atoms with Crippen LogP contribution in [0, 0.1) is 9.49 Å². The lowest BCUT2D eigenvalue weighted by molar-refractivity contribution is 0.523. The summed E-state index contributed by atoms with van der Waals surface area (Å²) < 4.78 is 3.20. The number of halogens is 1. The van der Waals surface area contributed by atoms with Crippen LogP contribution in [-0.2, 0) is 13.1 Å². The molecule has 1 heterocycles. The smallest absolute Gasteiger partial charge is 0.141 e. The molecule has 1 aromatic carbocycles. The molecule has 0 atom stereocenters. The van der Waals surface area contributed by atoms with Crippen LogP contribution in [0.2, 0.25) is 0 Å². The summed E-state index contributed by atoms with van der Waals surface area (Å²) in [6.45, 7) is 6.93. The molecule has 0 spiro atoms. The zero-order valence-electron chi connectivity index (χ0n) is 11.3. The zero-order chi connectivity index (χ0) is 13.7. The number of nitrogens with zero attached hydrogens (tertiary/aromatic N) is 3. The minimum atomic E-state index is 0.646. The van der Waals surface area contributed by atoms with E-state index in [-0.39, 0.29) is 0 Å². The predicted molar refractivity (Wildman–Crippen MR) is 84.8 cm³/mol. The first kappa shape index (κ1) is 14.5. The SMILES string of the molecule is CC(C)CNCc1ncnn1Cc1ccc(I)cc1. The van der Waals surface area contributed by atoms with Crippen LogP contribution < -0.4 is 5.32 Å². The van der Waals surface area contributed by atoms with Crippen molar-refractivity contribution in [3.05, 3.63) is 45.6 Å². The molecular weight excluding hydrogens is 351 g/mol. The number of nitrogens with one attached hydrogen (secondary N) is 1. The van der Waals surface area contributed by atoms with E-state index >= 15 is 0 Å². The van der Waals surface area contributed by atoms with E-state index in [4.69, 9.17) is 0 Å². The van der Waals surface area contributed by atoms with Gasteiger partial charge >= 0.3 is 0 Å². The van der Waals surface area contributed by atoms with Gasteiger partial charge in [-0.15, -0.1) is 0 Å². The fraction of sp³-hybridized carbons (Fsp3) is 0.429. The third-order valence-electron chi connectivity index (χ3n) is 2.78. The molecule has 0 aliphatic carbocycles. The molecule has 5 heteroatoms. The van der Waals surface area contributed by atoms with Crippen molar-refractivity contribution in [1.82, 2.24) is 20.1 Å². The third-order valence-corrected chi connectivity index (χ3v) is 3.50. The van der Waals surface area contributed by atoms with Crippen molar-refractivity contribution in [2.45, 2.75) is 26.9 Å². The maximum absolute atomic E-state index is 4.31. The Morgan fingerprint density at radius 2 is 2.00 bits per heavy atom. The van der Waals surface area contributed by atoms with Gasteiger partial charge in [0.2, 0.25) is 0 Å². The Labute approximate surface area is 127 Å². The van der Waals surface area contributed by atoms with Crippen LogP contribution in [0.15, 0.2) is 30.6 Å². The van der Waals surface area contributed by atoms with Gasteiger partial charge in [-0.05, 0) is 52.7 Å². The highest BCUT2D eigenvalue weighted by molar-refractivity contribution is 14.1. The second kappa shape index (κ2) is 7.00. The van der Waals surface area contributed by atoms with E-state index in [0.717, 1.165) is 25.5 Å². The number of hydrogen-bond acceptors (Lipinski definition) is 3. The molecule has 0 aliphatic rings. The van der Waals surface area contributed by atoms with E-state index in [9.17, 15) is 0 Å². The average Bonchev–Trinajstić information content (AvgIpc) is 2.79. The van der Waals surface area contributed by atoms with Crippen LogP contribution in [0.25, 0.3) is 0 Å². The van der Waals surface area contributed by atoms with E-state index < -0.39 is 0 Å². The van der Waals surface area contributed by atoms with Gasteiger partial charge in [-0.1, -0.05) is 26.0 Å². The molecule has 0 radical (unpaired) electrons. The second-order valence-electron chi connectivity index (χ2n) is 4.99. The van der Waals surface area contributed by atoms with Crippen molar-refractivity contribution in [1.29, 1.82) is 0 Å². The van der Waals surface area contributed by atoms with Crippen LogP contribution in [0.3, 0.4) is 0 Å². The molecule has 1 aromatic heterocycles. The summed E-state index contributed by atoms with van der Waals surface area (Å²) in [6.07, 6.45) is 1.62. The fourth-order valence-corrected chi connectivity index (χ4v) is 2.15. The minimum Gasteiger partial charge on any atom is -0.310 e. The summed E-state index contributed by atoms with van der Waals surface area (Å²) >= 11 is 2.31. The summed E-state index contributed by atoms with van der Waals surface area (Å²) in [7, 11) is 0. The Hall–Kier alpha value is -0.950. The molecule has 0 aliphatic heterocycles. The molecule has 4 nitrogen and oxygen atoms in total. The molecule has 1 N–H and O–H groups in total. The molecule has 2 aromatic rings. The Kier molecular flexibility index (Phi) is 5.33. The largest absolute Gasteiger partial charge is 0.310 e. The van der Waals surface area contributed by atoms with Crippen LogP contribution in [0.4, 0.5) is 0 Å². The molecule has 0 amide bonds. The van der Waals surface area contributed by atoms with Crippen molar-refractivity contribution >= 4 is 22.6 Å². The molecule has 0 fully saturated rings. The third kappa shape index (κ3) is 4.58. The molecule has 0 unspecified atom stereocenters. The lowest BCUT2D eigenvalue weighted by Gasteiger charge is -2.09. The Morgan fingerprint density at radius 3 is 2.68 bits per heavy atom. The van der Waals surface area contributed by atoms with Crippen molar-refractivity contribution in [2.24, 2.45) is 5.92 Å². The van der Waals surface area contributed by atoms with Crippen molar-refractivity contribution in [3.8, 4) is 0 Å².